The predicted molar refractivity (Wildman–Crippen MR) is 111 cm³/mol. The number of hydrogen-bond donors (Lipinski definition) is 1. The number of carboxylic acid groups (broad SMARTS) is 1. The topological polar surface area (TPSA) is 108 Å². The Morgan fingerprint density at radius 3 is 2.58 bits per heavy atom. The molecule has 7 nitrogen and oxygen atoms in total. The highest BCUT2D eigenvalue weighted by Gasteiger charge is 2.73. The molecule has 1 N–H and O–H groups in total. The van der Waals surface area contributed by atoms with Gasteiger partial charge in [0.1, 0.15) is 0 Å². The van der Waals surface area contributed by atoms with Gasteiger partial charge in [0.2, 0.25) is 11.8 Å². The number of carbonyl (C=O) groups is 3. The highest BCUT2D eigenvalue weighted by molar-refractivity contribution is 6.26. The smallest absolute Gasteiger partial charge is 0.303 e. The molecule has 2 bridgehead atoms. The fourth-order valence-electron chi connectivity index (χ4n) is 5.96. The predicted octanol–water partition coefficient (Wildman–Crippen LogP) is 3.39. The highest BCUT2D eigenvalue weighted by Crippen LogP contribution is 2.62. The first-order valence-electron chi connectivity index (χ1n) is 10.5. The number of rotatable bonds is 5. The molecule has 0 saturated carbocycles. The maximum absolute atomic E-state index is 13.7. The Kier molecular flexibility index (Phi) is 4.21. The van der Waals surface area contributed by atoms with Crippen LogP contribution < -0.4 is 4.90 Å². The van der Waals surface area contributed by atoms with Gasteiger partial charge in [-0.25, -0.2) is 4.90 Å². The number of fused-ring (bicyclic) bond motifs is 6. The molecule has 0 aliphatic carbocycles. The Balaban J connectivity index is 1.57. The third kappa shape index (κ3) is 2.64. The van der Waals surface area contributed by atoms with Gasteiger partial charge in [-0.2, -0.15) is 5.26 Å². The molecule has 0 aromatic heterocycles. The molecule has 1 unspecified atom stereocenters. The number of carboxylic acids is 1. The van der Waals surface area contributed by atoms with Crippen LogP contribution in [0.1, 0.15) is 44.6 Å². The van der Waals surface area contributed by atoms with E-state index >= 15 is 0 Å². The van der Waals surface area contributed by atoms with Crippen LogP contribution in [0.15, 0.2) is 36.4 Å². The lowest BCUT2D eigenvalue weighted by atomic mass is 9.67. The summed E-state index contributed by atoms with van der Waals surface area (Å²) in [5.74, 6) is -2.63. The minimum atomic E-state index is -0.883. The maximum atomic E-state index is 13.7. The second-order valence-electron chi connectivity index (χ2n) is 8.98. The molecule has 5 rings (SSSR count). The Morgan fingerprint density at radius 2 is 1.87 bits per heavy atom. The van der Waals surface area contributed by atoms with Crippen molar-refractivity contribution in [3.63, 3.8) is 0 Å². The Hall–Kier alpha value is -3.24. The van der Waals surface area contributed by atoms with Gasteiger partial charge in [0, 0.05) is 17.2 Å². The molecule has 3 aliphatic heterocycles. The van der Waals surface area contributed by atoms with E-state index in [1.54, 1.807) is 12.1 Å². The molecule has 2 amide bonds. The van der Waals surface area contributed by atoms with E-state index < -0.39 is 29.0 Å². The lowest BCUT2D eigenvalue weighted by Gasteiger charge is -2.31. The van der Waals surface area contributed by atoms with Crippen molar-refractivity contribution < 1.29 is 24.2 Å². The van der Waals surface area contributed by atoms with E-state index in [1.807, 2.05) is 31.2 Å². The van der Waals surface area contributed by atoms with Crippen LogP contribution in [-0.4, -0.2) is 34.1 Å². The number of aliphatic carboxylic acids is 1. The Morgan fingerprint density at radius 1 is 1.16 bits per heavy atom. The minimum Gasteiger partial charge on any atom is -0.481 e. The minimum absolute atomic E-state index is 0.00528. The summed E-state index contributed by atoms with van der Waals surface area (Å²) >= 11 is 0. The number of anilines is 1. The van der Waals surface area contributed by atoms with E-state index in [2.05, 4.69) is 6.07 Å². The van der Waals surface area contributed by atoms with Gasteiger partial charge in [0.15, 0.2) is 0 Å². The number of amides is 2. The van der Waals surface area contributed by atoms with Gasteiger partial charge in [0.05, 0.1) is 40.4 Å². The molecule has 31 heavy (non-hydrogen) atoms. The number of ether oxygens (including phenoxy) is 1. The summed E-state index contributed by atoms with van der Waals surface area (Å²) < 4.78 is 6.34. The first-order chi connectivity index (χ1) is 14.8. The molecule has 3 heterocycles. The fraction of sp³-hybridized carbons (Fsp3) is 0.417. The number of carbonyl (C=O) groups excluding carboxylic acids is 2. The van der Waals surface area contributed by atoms with Crippen molar-refractivity contribution in [2.45, 2.75) is 50.2 Å². The largest absolute Gasteiger partial charge is 0.481 e. The van der Waals surface area contributed by atoms with E-state index in [0.29, 0.717) is 47.7 Å². The first kappa shape index (κ1) is 19.7. The van der Waals surface area contributed by atoms with Gasteiger partial charge in [-0.1, -0.05) is 24.3 Å². The van der Waals surface area contributed by atoms with Gasteiger partial charge >= 0.3 is 5.97 Å². The number of nitriles is 1. The Labute approximate surface area is 179 Å². The van der Waals surface area contributed by atoms with E-state index in [9.17, 15) is 19.6 Å². The maximum Gasteiger partial charge on any atom is 0.303 e. The van der Waals surface area contributed by atoms with Crippen LogP contribution in [0.4, 0.5) is 5.69 Å². The third-order valence-electron chi connectivity index (χ3n) is 7.26. The molecule has 158 valence electrons. The van der Waals surface area contributed by atoms with Gasteiger partial charge in [0.25, 0.3) is 0 Å². The van der Waals surface area contributed by atoms with E-state index in [4.69, 9.17) is 9.84 Å². The van der Waals surface area contributed by atoms with E-state index in [-0.39, 0.29) is 18.2 Å². The molecule has 2 aromatic carbocycles. The highest BCUT2D eigenvalue weighted by atomic mass is 16.5. The van der Waals surface area contributed by atoms with Crippen LogP contribution >= 0.6 is 0 Å². The molecule has 3 saturated heterocycles. The molecule has 7 heteroatoms. The van der Waals surface area contributed by atoms with Crippen LogP contribution in [0.25, 0.3) is 10.8 Å². The lowest BCUT2D eigenvalue weighted by molar-refractivity contribution is -0.137. The lowest BCUT2D eigenvalue weighted by Crippen LogP contribution is -2.42. The molecule has 3 fully saturated rings. The number of nitrogens with zero attached hydrogens (tertiary/aromatic N) is 2. The zero-order valence-electron chi connectivity index (χ0n) is 17.1. The van der Waals surface area contributed by atoms with Crippen LogP contribution in [0, 0.1) is 23.2 Å². The van der Waals surface area contributed by atoms with Crippen molar-refractivity contribution in [1.82, 2.24) is 0 Å². The number of imide groups is 1. The summed E-state index contributed by atoms with van der Waals surface area (Å²) in [6.45, 7) is 1.89. The van der Waals surface area contributed by atoms with Gasteiger partial charge < -0.3 is 9.84 Å². The van der Waals surface area contributed by atoms with Crippen molar-refractivity contribution in [3.8, 4) is 6.07 Å². The van der Waals surface area contributed by atoms with Crippen LogP contribution in [-0.2, 0) is 19.1 Å². The van der Waals surface area contributed by atoms with Crippen molar-refractivity contribution in [2.75, 3.05) is 4.90 Å². The molecule has 4 atom stereocenters. The van der Waals surface area contributed by atoms with Gasteiger partial charge in [-0.05, 0) is 44.7 Å². The zero-order chi connectivity index (χ0) is 22.0. The SMILES string of the molecule is C[C@]12CCC(CCCC(=O)O)(O1)[C@@H]1C(=O)N(c3ccc(C#N)c4ccccc34)C(=O)[C@@H]12. The summed E-state index contributed by atoms with van der Waals surface area (Å²) in [5.41, 5.74) is -0.543. The van der Waals surface area contributed by atoms with Crippen molar-refractivity contribution >= 4 is 34.2 Å². The second kappa shape index (κ2) is 6.63. The van der Waals surface area contributed by atoms with Crippen molar-refractivity contribution in [3.05, 3.63) is 42.0 Å². The van der Waals surface area contributed by atoms with E-state index in [0.717, 1.165) is 0 Å². The average Bonchev–Trinajstić information content (AvgIpc) is 3.32. The van der Waals surface area contributed by atoms with Crippen LogP contribution in [0.3, 0.4) is 0 Å². The normalized spacial score (nSPS) is 31.3. The van der Waals surface area contributed by atoms with Gasteiger partial charge in [-0.3, -0.25) is 14.4 Å². The van der Waals surface area contributed by atoms with Crippen LogP contribution in [0.2, 0.25) is 0 Å². The van der Waals surface area contributed by atoms with Crippen molar-refractivity contribution in [2.24, 2.45) is 11.8 Å². The number of benzene rings is 2. The molecule has 0 radical (unpaired) electrons. The molecular formula is C24H22N2O5. The molecule has 3 aliphatic rings. The number of hydrogen-bond acceptors (Lipinski definition) is 5. The quantitative estimate of drug-likeness (QED) is 0.746. The van der Waals surface area contributed by atoms with Crippen LogP contribution in [0.5, 0.6) is 0 Å². The average molecular weight is 418 g/mol. The Bertz CT molecular complexity index is 1180. The fourth-order valence-corrected chi connectivity index (χ4v) is 5.96. The molecule has 0 spiro atoms. The first-order valence-corrected chi connectivity index (χ1v) is 10.5. The summed E-state index contributed by atoms with van der Waals surface area (Å²) in [4.78, 5) is 39.5. The summed E-state index contributed by atoms with van der Waals surface area (Å²) in [6.07, 6.45) is 2.16. The molecule has 2 aromatic rings. The summed E-state index contributed by atoms with van der Waals surface area (Å²) in [7, 11) is 0. The van der Waals surface area contributed by atoms with E-state index in [1.165, 1.54) is 4.90 Å². The zero-order valence-corrected chi connectivity index (χ0v) is 17.1. The monoisotopic (exact) mass is 418 g/mol. The second-order valence-corrected chi connectivity index (χ2v) is 8.98. The van der Waals surface area contributed by atoms with Gasteiger partial charge in [-0.15, -0.1) is 0 Å². The summed E-state index contributed by atoms with van der Waals surface area (Å²) in [5, 5.41) is 19.8. The van der Waals surface area contributed by atoms with Crippen molar-refractivity contribution in [1.29, 1.82) is 5.26 Å². The standard InChI is InChI=1S/C24H22N2O5/c1-23-11-12-24(31-23,10-4-7-18(27)28)20-19(23)21(29)26(22(20)30)17-9-8-14(13-25)15-5-2-3-6-16(15)17/h2-3,5-6,8-9,19-20H,4,7,10-12H2,1H3,(H,27,28)/t19-,20+,23-,24?/m1/s1. The summed E-state index contributed by atoms with van der Waals surface area (Å²) in [6, 6.07) is 12.7. The molecular weight excluding hydrogens is 396 g/mol. The third-order valence-corrected chi connectivity index (χ3v) is 7.26.